The number of hydrogen-bond donors (Lipinski definition) is 2. The fourth-order valence-electron chi connectivity index (χ4n) is 1.03. The molecule has 1 aromatic rings. The van der Waals surface area contributed by atoms with Gasteiger partial charge in [0.2, 0.25) is 0 Å². The number of nitrogens with one attached hydrogen (secondary N) is 1. The third-order valence-corrected chi connectivity index (χ3v) is 2.47. The second-order valence-corrected chi connectivity index (χ2v) is 3.81. The van der Waals surface area contributed by atoms with E-state index in [4.69, 9.17) is 16.7 Å². The summed E-state index contributed by atoms with van der Waals surface area (Å²) in [4.78, 5) is 20.3. The molecule has 10 heteroatoms. The van der Waals surface area contributed by atoms with E-state index in [-0.39, 0.29) is 5.69 Å². The summed E-state index contributed by atoms with van der Waals surface area (Å²) in [5.74, 6) is -1.44. The van der Waals surface area contributed by atoms with Crippen molar-refractivity contribution in [3.8, 4) is 0 Å². The van der Waals surface area contributed by atoms with Crippen molar-refractivity contribution in [2.45, 2.75) is 0 Å². The number of nitro groups is 1. The Balaban J connectivity index is 3.42. The first-order chi connectivity index (χ1) is 7.82. The Morgan fingerprint density at radius 3 is 2.53 bits per heavy atom. The zero-order valence-corrected chi connectivity index (χ0v) is 9.45. The van der Waals surface area contributed by atoms with Gasteiger partial charge in [-0.2, -0.15) is 0 Å². The van der Waals surface area contributed by atoms with Crippen LogP contribution in [0.5, 0.6) is 0 Å². The van der Waals surface area contributed by atoms with E-state index in [1.165, 1.54) is 0 Å². The van der Waals surface area contributed by atoms with Crippen molar-refractivity contribution in [2.75, 3.05) is 4.72 Å². The molecular formula is C7H4ClN2O6S-. The molecule has 0 aliphatic carbocycles. The van der Waals surface area contributed by atoms with E-state index in [1.807, 2.05) is 0 Å². The van der Waals surface area contributed by atoms with E-state index in [0.717, 1.165) is 12.1 Å². The van der Waals surface area contributed by atoms with E-state index in [1.54, 1.807) is 4.72 Å². The maximum atomic E-state index is 10.7. The first-order valence-electron chi connectivity index (χ1n) is 3.90. The van der Waals surface area contributed by atoms with E-state index in [9.17, 15) is 23.7 Å². The number of carbonyl (C=O) groups is 1. The normalized spacial score (nSPS) is 11.9. The van der Waals surface area contributed by atoms with Crippen LogP contribution in [-0.4, -0.2) is 24.8 Å². The van der Waals surface area contributed by atoms with Gasteiger partial charge in [-0.1, -0.05) is 11.6 Å². The Kier molecular flexibility index (Phi) is 3.99. The van der Waals surface area contributed by atoms with Crippen LogP contribution < -0.4 is 4.72 Å². The van der Waals surface area contributed by atoms with Crippen molar-refractivity contribution in [2.24, 2.45) is 0 Å². The Hall–Kier alpha value is -1.71. The molecule has 0 bridgehead atoms. The molecule has 0 saturated carbocycles. The monoisotopic (exact) mass is 279 g/mol. The van der Waals surface area contributed by atoms with Gasteiger partial charge in [-0.25, -0.2) is 4.79 Å². The summed E-state index contributed by atoms with van der Waals surface area (Å²) in [7, 11) is 0. The highest BCUT2D eigenvalue weighted by Crippen LogP contribution is 2.33. The largest absolute Gasteiger partial charge is 0.755 e. The average Bonchev–Trinajstić information content (AvgIpc) is 2.19. The Bertz CT molecular complexity index is 519. The highest BCUT2D eigenvalue weighted by molar-refractivity contribution is 7.80. The standard InChI is InChI=1S/C7H5ClN2O6S/c8-6-4(9-17(15)16)1-3(7(11)12)2-5(6)10(13)14/h1-2,9H,(H,11,12)(H,15,16)/p-1. The molecule has 1 unspecified atom stereocenters. The van der Waals surface area contributed by atoms with Gasteiger partial charge in [-0.15, -0.1) is 0 Å². The fourth-order valence-corrected chi connectivity index (χ4v) is 1.65. The smallest absolute Gasteiger partial charge is 0.336 e. The van der Waals surface area contributed by atoms with E-state index in [2.05, 4.69) is 0 Å². The van der Waals surface area contributed by atoms with Crippen molar-refractivity contribution in [1.29, 1.82) is 0 Å². The lowest BCUT2D eigenvalue weighted by atomic mass is 10.2. The molecule has 0 heterocycles. The van der Waals surface area contributed by atoms with Gasteiger partial charge < -0.3 is 14.4 Å². The maximum Gasteiger partial charge on any atom is 0.336 e. The summed E-state index contributed by atoms with van der Waals surface area (Å²) in [5, 5.41) is 18.8. The molecule has 0 fully saturated rings. The van der Waals surface area contributed by atoms with Crippen LogP contribution >= 0.6 is 11.6 Å². The summed E-state index contributed by atoms with van der Waals surface area (Å²) in [5.41, 5.74) is -1.51. The quantitative estimate of drug-likeness (QED) is 0.482. The number of nitro benzene ring substituents is 1. The minimum absolute atomic E-state index is 0.369. The fraction of sp³-hybridized carbons (Fsp3) is 0. The van der Waals surface area contributed by atoms with Crippen molar-refractivity contribution in [3.63, 3.8) is 0 Å². The number of nitrogens with zero attached hydrogens (tertiary/aromatic N) is 1. The number of aromatic carboxylic acids is 1. The molecule has 2 N–H and O–H groups in total. The molecule has 0 saturated heterocycles. The van der Waals surface area contributed by atoms with E-state index >= 15 is 0 Å². The number of hydrogen-bond acceptors (Lipinski definition) is 5. The average molecular weight is 280 g/mol. The number of carboxylic acid groups (broad SMARTS) is 1. The lowest BCUT2D eigenvalue weighted by Crippen LogP contribution is -2.06. The molecule has 0 amide bonds. The van der Waals surface area contributed by atoms with Crippen molar-refractivity contribution >= 4 is 40.2 Å². The van der Waals surface area contributed by atoms with Gasteiger partial charge in [-0.05, 0) is 6.07 Å². The Morgan fingerprint density at radius 1 is 1.53 bits per heavy atom. The zero-order valence-electron chi connectivity index (χ0n) is 7.88. The van der Waals surface area contributed by atoms with Crippen LogP contribution in [0.3, 0.4) is 0 Å². The summed E-state index contributed by atoms with van der Waals surface area (Å²) >= 11 is 2.78. The van der Waals surface area contributed by atoms with Crippen LogP contribution in [0.25, 0.3) is 0 Å². The Labute approximate surface area is 102 Å². The molecule has 0 aliphatic heterocycles. The maximum absolute atomic E-state index is 10.7. The first kappa shape index (κ1) is 13.4. The molecule has 1 aromatic carbocycles. The molecule has 0 spiro atoms. The lowest BCUT2D eigenvalue weighted by Gasteiger charge is -2.11. The van der Waals surface area contributed by atoms with Crippen molar-refractivity contribution < 1.29 is 23.6 Å². The Morgan fingerprint density at radius 2 is 2.12 bits per heavy atom. The van der Waals surface area contributed by atoms with Gasteiger partial charge in [0.05, 0.1) is 16.2 Å². The van der Waals surface area contributed by atoms with Crippen LogP contribution in [0.4, 0.5) is 11.4 Å². The lowest BCUT2D eigenvalue weighted by molar-refractivity contribution is -0.384. The molecule has 0 aliphatic rings. The van der Waals surface area contributed by atoms with Gasteiger partial charge >= 0.3 is 5.97 Å². The molecule has 17 heavy (non-hydrogen) atoms. The van der Waals surface area contributed by atoms with Crippen molar-refractivity contribution in [3.05, 3.63) is 32.8 Å². The summed E-state index contributed by atoms with van der Waals surface area (Å²) < 4.78 is 22.6. The second-order valence-electron chi connectivity index (χ2n) is 2.76. The molecular weight excluding hydrogens is 276 g/mol. The molecule has 1 atom stereocenters. The zero-order chi connectivity index (χ0) is 13.2. The van der Waals surface area contributed by atoms with Crippen molar-refractivity contribution in [1.82, 2.24) is 0 Å². The third kappa shape index (κ3) is 3.12. The second kappa shape index (κ2) is 5.08. The van der Waals surface area contributed by atoms with E-state index in [0.29, 0.717) is 0 Å². The molecule has 8 nitrogen and oxygen atoms in total. The van der Waals surface area contributed by atoms with Crippen LogP contribution in [0.2, 0.25) is 5.02 Å². The number of anilines is 1. The van der Waals surface area contributed by atoms with Crippen LogP contribution in [-0.2, 0) is 11.3 Å². The summed E-state index contributed by atoms with van der Waals surface area (Å²) in [6.45, 7) is 0. The predicted molar refractivity (Wildman–Crippen MR) is 57.6 cm³/mol. The number of benzene rings is 1. The molecule has 0 aromatic heterocycles. The number of halogens is 1. The van der Waals surface area contributed by atoms with Gasteiger partial charge in [-0.3, -0.25) is 14.3 Å². The SMILES string of the molecule is O=C(O)c1cc(NS(=O)[O-])c(Cl)c([N+](=O)[O-])c1. The van der Waals surface area contributed by atoms with Crippen LogP contribution in [0.1, 0.15) is 10.4 Å². The van der Waals surface area contributed by atoms with Gasteiger partial charge in [0.1, 0.15) is 5.02 Å². The number of carboxylic acids is 1. The summed E-state index contributed by atoms with van der Waals surface area (Å²) in [6, 6.07) is 1.62. The van der Waals surface area contributed by atoms with Gasteiger partial charge in [0, 0.05) is 17.3 Å². The highest BCUT2D eigenvalue weighted by Gasteiger charge is 2.20. The predicted octanol–water partition coefficient (Wildman–Crippen LogP) is 1.15. The molecule has 92 valence electrons. The molecule has 1 rings (SSSR count). The minimum atomic E-state index is -2.77. The highest BCUT2D eigenvalue weighted by atomic mass is 35.5. The topological polar surface area (TPSA) is 133 Å². The molecule has 0 radical (unpaired) electrons. The third-order valence-electron chi connectivity index (χ3n) is 1.69. The van der Waals surface area contributed by atoms with Crippen LogP contribution in [0, 0.1) is 10.1 Å². The number of rotatable bonds is 4. The van der Waals surface area contributed by atoms with Gasteiger partial charge in [0.25, 0.3) is 5.69 Å². The summed E-state index contributed by atoms with van der Waals surface area (Å²) in [6.07, 6.45) is 0. The van der Waals surface area contributed by atoms with Gasteiger partial charge in [0.15, 0.2) is 0 Å². The van der Waals surface area contributed by atoms with E-state index < -0.39 is 38.4 Å². The minimum Gasteiger partial charge on any atom is -0.755 e. The first-order valence-corrected chi connectivity index (χ1v) is 5.35. The van der Waals surface area contributed by atoms with Crippen LogP contribution in [0.15, 0.2) is 12.1 Å².